The van der Waals surface area contributed by atoms with Crippen LogP contribution in [0.25, 0.3) is 0 Å². The summed E-state index contributed by atoms with van der Waals surface area (Å²) >= 11 is 0. The van der Waals surface area contributed by atoms with Crippen LogP contribution in [-0.4, -0.2) is 13.1 Å². The molecule has 0 radical (unpaired) electrons. The van der Waals surface area contributed by atoms with Gasteiger partial charge in [0, 0.05) is 10.8 Å². The highest BCUT2D eigenvalue weighted by Gasteiger charge is 2.54. The van der Waals surface area contributed by atoms with Gasteiger partial charge in [0.25, 0.3) is 5.92 Å². The lowest BCUT2D eigenvalue weighted by atomic mass is 9.70. The third-order valence-electron chi connectivity index (χ3n) is 2.67. The van der Waals surface area contributed by atoms with Crippen LogP contribution in [0.4, 0.5) is 13.2 Å². The standard InChI is InChI=1S/C11H22F2.C2H6.C2H4.CH3F/c1-7-8-10(5,6)11(12,13)9(2,3)4;3*1-2/h7-8H2,1-6H3;1-2H3;1-2H2;1H3. The zero-order chi connectivity index (χ0) is 16.9. The third-order valence-corrected chi connectivity index (χ3v) is 2.67. The molecule has 0 amide bonds. The van der Waals surface area contributed by atoms with Crippen molar-refractivity contribution < 1.29 is 13.2 Å². The Kier molecular flexibility index (Phi) is 17.8. The molecule has 0 spiro atoms. The van der Waals surface area contributed by atoms with Crippen LogP contribution in [0, 0.1) is 10.8 Å². The molecule has 0 aliphatic heterocycles. The Morgan fingerprint density at radius 1 is 0.842 bits per heavy atom. The van der Waals surface area contributed by atoms with E-state index in [1.54, 1.807) is 34.6 Å². The number of hydrogen-bond acceptors (Lipinski definition) is 0. The van der Waals surface area contributed by atoms with Gasteiger partial charge in [0.15, 0.2) is 0 Å². The smallest absolute Gasteiger partial charge is 0.255 e. The molecule has 0 aromatic heterocycles. The van der Waals surface area contributed by atoms with Crippen LogP contribution in [0.15, 0.2) is 13.2 Å². The second kappa shape index (κ2) is 12.6. The van der Waals surface area contributed by atoms with Gasteiger partial charge in [0.2, 0.25) is 0 Å². The molecule has 0 heterocycles. The summed E-state index contributed by atoms with van der Waals surface area (Å²) in [6.45, 7) is 20.1. The number of halogens is 3. The quantitative estimate of drug-likeness (QED) is 0.494. The Bertz CT molecular complexity index is 179. The van der Waals surface area contributed by atoms with Gasteiger partial charge < -0.3 is 0 Å². The van der Waals surface area contributed by atoms with E-state index in [0.29, 0.717) is 13.6 Å². The van der Waals surface area contributed by atoms with Crippen molar-refractivity contribution in [3.8, 4) is 0 Å². The zero-order valence-corrected chi connectivity index (χ0v) is 14.5. The van der Waals surface area contributed by atoms with E-state index in [1.165, 1.54) is 0 Å². The average Bonchev–Trinajstić information content (AvgIpc) is 2.35. The minimum atomic E-state index is -2.62. The van der Waals surface area contributed by atoms with E-state index in [-0.39, 0.29) is 0 Å². The molecule has 0 N–H and O–H groups in total. The van der Waals surface area contributed by atoms with E-state index < -0.39 is 16.8 Å². The fourth-order valence-corrected chi connectivity index (χ4v) is 1.80. The lowest BCUT2D eigenvalue weighted by molar-refractivity contribution is -0.182. The minimum Gasteiger partial charge on any atom is -0.255 e. The first-order valence-corrected chi connectivity index (χ1v) is 6.82. The normalized spacial score (nSPS) is 10.9. The predicted octanol–water partition coefficient (Wildman–Crippen LogP) is 6.91. The molecule has 19 heavy (non-hydrogen) atoms. The molecule has 0 fully saturated rings. The summed E-state index contributed by atoms with van der Waals surface area (Å²) in [5, 5.41) is 0. The molecular formula is C16H35F3. The van der Waals surface area contributed by atoms with Crippen LogP contribution < -0.4 is 0 Å². The fraction of sp³-hybridized carbons (Fsp3) is 0.875. The van der Waals surface area contributed by atoms with Gasteiger partial charge in [-0.3, -0.25) is 4.39 Å². The first-order valence-electron chi connectivity index (χ1n) is 6.82. The van der Waals surface area contributed by atoms with E-state index >= 15 is 0 Å². The fourth-order valence-electron chi connectivity index (χ4n) is 1.80. The summed E-state index contributed by atoms with van der Waals surface area (Å²) in [5.74, 6) is -2.62. The molecule has 0 saturated heterocycles. The molecule has 120 valence electrons. The molecule has 0 aliphatic rings. The third kappa shape index (κ3) is 9.12. The van der Waals surface area contributed by atoms with Crippen molar-refractivity contribution in [1.29, 1.82) is 0 Å². The molecule has 3 heteroatoms. The van der Waals surface area contributed by atoms with Gasteiger partial charge in [0.05, 0.1) is 7.18 Å². The minimum absolute atomic E-state index is 0.500. The summed E-state index contributed by atoms with van der Waals surface area (Å²) in [4.78, 5) is 0. The second-order valence-corrected chi connectivity index (χ2v) is 5.46. The van der Waals surface area contributed by atoms with Gasteiger partial charge in [-0.15, -0.1) is 13.2 Å². The number of hydrogen-bond donors (Lipinski definition) is 0. The van der Waals surface area contributed by atoms with Crippen molar-refractivity contribution in [3.63, 3.8) is 0 Å². The van der Waals surface area contributed by atoms with Crippen molar-refractivity contribution in [2.45, 2.75) is 74.2 Å². The highest BCUT2D eigenvalue weighted by Crippen LogP contribution is 2.50. The van der Waals surface area contributed by atoms with Crippen LogP contribution in [0.5, 0.6) is 0 Å². The van der Waals surface area contributed by atoms with Crippen LogP contribution in [0.3, 0.4) is 0 Å². The predicted molar refractivity (Wildman–Crippen MR) is 82.7 cm³/mol. The summed E-state index contributed by atoms with van der Waals surface area (Å²) in [7, 11) is 0.500. The van der Waals surface area contributed by atoms with Crippen molar-refractivity contribution in [3.05, 3.63) is 13.2 Å². The van der Waals surface area contributed by atoms with E-state index in [2.05, 4.69) is 13.2 Å². The summed E-state index contributed by atoms with van der Waals surface area (Å²) < 4.78 is 37.3. The van der Waals surface area contributed by atoms with Crippen LogP contribution in [0.1, 0.15) is 68.2 Å². The maximum atomic E-state index is 13.9. The van der Waals surface area contributed by atoms with Crippen molar-refractivity contribution in [2.75, 3.05) is 7.18 Å². The molecule has 0 nitrogen and oxygen atoms in total. The Morgan fingerprint density at radius 2 is 1.11 bits per heavy atom. The van der Waals surface area contributed by atoms with Gasteiger partial charge in [-0.25, -0.2) is 8.78 Å². The number of alkyl halides is 3. The van der Waals surface area contributed by atoms with Crippen LogP contribution in [0.2, 0.25) is 0 Å². The summed E-state index contributed by atoms with van der Waals surface area (Å²) in [6.07, 6.45) is 1.37. The molecule has 0 aromatic rings. The molecule has 0 aliphatic carbocycles. The average molecular weight is 284 g/mol. The van der Waals surface area contributed by atoms with E-state index in [4.69, 9.17) is 0 Å². The lowest BCUT2D eigenvalue weighted by Crippen LogP contribution is -2.46. The molecule has 0 saturated carbocycles. The van der Waals surface area contributed by atoms with Crippen molar-refractivity contribution >= 4 is 0 Å². The Labute approximate surface area is 119 Å². The number of rotatable bonds is 3. The largest absolute Gasteiger partial charge is 0.257 e. The topological polar surface area (TPSA) is 0 Å². The van der Waals surface area contributed by atoms with E-state index in [1.807, 2.05) is 20.8 Å². The maximum absolute atomic E-state index is 13.9. The molecular weight excluding hydrogens is 249 g/mol. The summed E-state index contributed by atoms with van der Waals surface area (Å²) in [6, 6.07) is 0. The SMILES string of the molecule is C=C.CC.CCCC(C)(C)C(F)(F)C(C)(C)C.CF. The van der Waals surface area contributed by atoms with E-state index in [9.17, 15) is 13.2 Å². The monoisotopic (exact) mass is 284 g/mol. The van der Waals surface area contributed by atoms with Gasteiger partial charge >= 0.3 is 0 Å². The van der Waals surface area contributed by atoms with Gasteiger partial charge in [-0.2, -0.15) is 0 Å². The Balaban J connectivity index is -0.000000163. The van der Waals surface area contributed by atoms with Crippen LogP contribution >= 0.6 is 0 Å². The molecule has 0 rings (SSSR count). The van der Waals surface area contributed by atoms with Gasteiger partial charge in [-0.1, -0.05) is 61.8 Å². The first kappa shape index (κ1) is 27.0. The maximum Gasteiger partial charge on any atom is 0.257 e. The lowest BCUT2D eigenvalue weighted by Gasteiger charge is -2.42. The Morgan fingerprint density at radius 3 is 1.26 bits per heavy atom. The molecule has 0 unspecified atom stereocenters. The molecule has 0 atom stereocenters. The molecule has 0 aromatic carbocycles. The highest BCUT2D eigenvalue weighted by molar-refractivity contribution is 4.93. The highest BCUT2D eigenvalue weighted by atomic mass is 19.3. The van der Waals surface area contributed by atoms with E-state index in [0.717, 1.165) is 6.42 Å². The van der Waals surface area contributed by atoms with Gasteiger partial charge in [0.1, 0.15) is 0 Å². The van der Waals surface area contributed by atoms with Crippen LogP contribution in [-0.2, 0) is 0 Å². The first-order chi connectivity index (χ1) is 8.56. The molecule has 0 bridgehead atoms. The second-order valence-electron chi connectivity index (χ2n) is 5.46. The van der Waals surface area contributed by atoms with Crippen molar-refractivity contribution in [2.24, 2.45) is 10.8 Å². The Hall–Kier alpha value is -0.470. The van der Waals surface area contributed by atoms with Crippen molar-refractivity contribution in [1.82, 2.24) is 0 Å². The zero-order valence-electron chi connectivity index (χ0n) is 14.5. The van der Waals surface area contributed by atoms with Gasteiger partial charge in [-0.05, 0) is 6.42 Å². The summed E-state index contributed by atoms with van der Waals surface area (Å²) in [5.41, 5.74) is -1.86.